The van der Waals surface area contributed by atoms with Crippen LogP contribution >= 0.6 is 0 Å². The number of carbonyl (C=O) groups is 1. The molecular weight excluding hydrogens is 388 g/mol. The minimum Gasteiger partial charge on any atom is -0.497 e. The van der Waals surface area contributed by atoms with Crippen LogP contribution in [0.3, 0.4) is 0 Å². The SMILES string of the molecule is COc1cccc(N(C(C)C(=O)NC(C)c2cc(C)c(C)cc2C)S(C)(=O)=O)c1. The van der Waals surface area contributed by atoms with Gasteiger partial charge in [-0.05, 0) is 69.0 Å². The lowest BCUT2D eigenvalue weighted by molar-refractivity contribution is -0.122. The van der Waals surface area contributed by atoms with Crippen LogP contribution in [0.2, 0.25) is 0 Å². The topological polar surface area (TPSA) is 75.7 Å². The molecule has 2 unspecified atom stereocenters. The smallest absolute Gasteiger partial charge is 0.244 e. The molecule has 2 aromatic rings. The van der Waals surface area contributed by atoms with Crippen molar-refractivity contribution in [1.29, 1.82) is 0 Å². The van der Waals surface area contributed by atoms with E-state index < -0.39 is 16.1 Å². The van der Waals surface area contributed by atoms with Crippen LogP contribution < -0.4 is 14.4 Å². The molecule has 0 spiro atoms. The number of methoxy groups -OCH3 is 1. The number of aryl methyl sites for hydroxylation is 3. The van der Waals surface area contributed by atoms with Crippen molar-refractivity contribution < 1.29 is 17.9 Å². The first kappa shape index (κ1) is 22.7. The van der Waals surface area contributed by atoms with Gasteiger partial charge in [-0.15, -0.1) is 0 Å². The Morgan fingerprint density at radius 1 is 1.03 bits per heavy atom. The molecule has 0 fully saturated rings. The first-order chi connectivity index (χ1) is 13.5. The predicted molar refractivity (Wildman–Crippen MR) is 117 cm³/mol. The summed E-state index contributed by atoms with van der Waals surface area (Å²) in [7, 11) is -2.18. The Morgan fingerprint density at radius 2 is 1.66 bits per heavy atom. The molecule has 0 aliphatic heterocycles. The summed E-state index contributed by atoms with van der Waals surface area (Å²) in [6, 6.07) is 9.64. The summed E-state index contributed by atoms with van der Waals surface area (Å²) in [5, 5.41) is 2.96. The second kappa shape index (κ2) is 8.86. The van der Waals surface area contributed by atoms with Crippen molar-refractivity contribution in [3.8, 4) is 5.75 Å². The molecule has 1 N–H and O–H groups in total. The average Bonchev–Trinajstić information content (AvgIpc) is 2.63. The summed E-state index contributed by atoms with van der Waals surface area (Å²) in [4.78, 5) is 13.0. The van der Waals surface area contributed by atoms with Gasteiger partial charge in [0.25, 0.3) is 0 Å². The number of ether oxygens (including phenoxy) is 1. The van der Waals surface area contributed by atoms with Gasteiger partial charge in [0.15, 0.2) is 0 Å². The number of carbonyl (C=O) groups excluding carboxylic acids is 1. The molecule has 0 bridgehead atoms. The normalized spacial score (nSPS) is 13.5. The lowest BCUT2D eigenvalue weighted by atomic mass is 9.96. The van der Waals surface area contributed by atoms with E-state index in [9.17, 15) is 13.2 Å². The van der Waals surface area contributed by atoms with E-state index in [1.54, 1.807) is 31.2 Å². The van der Waals surface area contributed by atoms with Gasteiger partial charge in [0.2, 0.25) is 15.9 Å². The van der Waals surface area contributed by atoms with Gasteiger partial charge in [0, 0.05) is 6.07 Å². The summed E-state index contributed by atoms with van der Waals surface area (Å²) < 4.78 is 31.3. The minimum absolute atomic E-state index is 0.254. The van der Waals surface area contributed by atoms with Crippen molar-refractivity contribution in [3.05, 3.63) is 58.7 Å². The molecule has 2 rings (SSSR count). The maximum atomic E-state index is 13.0. The fraction of sp³-hybridized carbons (Fsp3) is 0.409. The van der Waals surface area contributed by atoms with Crippen LogP contribution in [-0.2, 0) is 14.8 Å². The third-order valence-corrected chi connectivity index (χ3v) is 6.35. The van der Waals surface area contributed by atoms with E-state index in [1.807, 2.05) is 20.8 Å². The summed E-state index contributed by atoms with van der Waals surface area (Å²) in [6.07, 6.45) is 1.09. The van der Waals surface area contributed by atoms with Crippen LogP contribution in [0.15, 0.2) is 36.4 Å². The number of anilines is 1. The second-order valence-corrected chi connectivity index (χ2v) is 9.32. The molecule has 0 saturated heterocycles. The van der Waals surface area contributed by atoms with Crippen LogP contribution in [0.1, 0.15) is 42.1 Å². The van der Waals surface area contributed by atoms with E-state index in [1.165, 1.54) is 12.7 Å². The van der Waals surface area contributed by atoms with Crippen molar-refractivity contribution >= 4 is 21.6 Å². The molecular formula is C22H30N2O4S. The first-order valence-corrected chi connectivity index (χ1v) is 11.3. The molecule has 1 amide bonds. The number of rotatable bonds is 7. The summed E-state index contributed by atoms with van der Waals surface area (Å²) in [5.74, 6) is 0.145. The van der Waals surface area contributed by atoms with Crippen molar-refractivity contribution in [1.82, 2.24) is 5.32 Å². The fourth-order valence-corrected chi connectivity index (χ4v) is 4.58. The summed E-state index contributed by atoms with van der Waals surface area (Å²) >= 11 is 0. The van der Waals surface area contributed by atoms with Crippen LogP contribution in [0.5, 0.6) is 5.75 Å². The Kier molecular flexibility index (Phi) is 6.95. The van der Waals surface area contributed by atoms with E-state index in [4.69, 9.17) is 4.74 Å². The Labute approximate surface area is 173 Å². The summed E-state index contributed by atoms with van der Waals surface area (Å²) in [5.41, 5.74) is 4.82. The minimum atomic E-state index is -3.69. The standard InChI is InChI=1S/C22H30N2O4S/c1-14-11-16(3)21(12-15(14)2)17(4)23-22(25)18(5)24(29(7,26)27)19-9-8-10-20(13-19)28-6/h8-13,17-18H,1-7H3,(H,23,25). The quantitative estimate of drug-likeness (QED) is 0.745. The highest BCUT2D eigenvalue weighted by molar-refractivity contribution is 7.92. The lowest BCUT2D eigenvalue weighted by Crippen LogP contribution is -2.48. The zero-order chi connectivity index (χ0) is 21.9. The molecule has 0 aliphatic carbocycles. The zero-order valence-corrected chi connectivity index (χ0v) is 18.9. The zero-order valence-electron chi connectivity index (χ0n) is 18.1. The van der Waals surface area contributed by atoms with E-state index in [-0.39, 0.29) is 11.9 Å². The van der Waals surface area contributed by atoms with Crippen molar-refractivity contribution in [2.75, 3.05) is 17.7 Å². The van der Waals surface area contributed by atoms with Crippen molar-refractivity contribution in [2.24, 2.45) is 0 Å². The summed E-state index contributed by atoms with van der Waals surface area (Å²) in [6.45, 7) is 9.57. The van der Waals surface area contributed by atoms with Crippen LogP contribution in [0.25, 0.3) is 0 Å². The van der Waals surface area contributed by atoms with Crippen LogP contribution in [0.4, 0.5) is 5.69 Å². The maximum absolute atomic E-state index is 13.0. The number of nitrogens with one attached hydrogen (secondary N) is 1. The highest BCUT2D eigenvalue weighted by Crippen LogP contribution is 2.26. The third kappa shape index (κ3) is 5.29. The van der Waals surface area contributed by atoms with Crippen LogP contribution in [0, 0.1) is 20.8 Å². The molecule has 0 aliphatic rings. The number of amides is 1. The number of hydrogen-bond donors (Lipinski definition) is 1. The number of sulfonamides is 1. The molecule has 29 heavy (non-hydrogen) atoms. The van der Waals surface area contributed by atoms with Gasteiger partial charge < -0.3 is 10.1 Å². The Balaban J connectivity index is 2.31. The van der Waals surface area contributed by atoms with Crippen LogP contribution in [-0.4, -0.2) is 33.7 Å². The molecule has 7 heteroatoms. The first-order valence-electron chi connectivity index (χ1n) is 9.47. The Hall–Kier alpha value is -2.54. The van der Waals surface area contributed by atoms with Gasteiger partial charge in [0.1, 0.15) is 11.8 Å². The highest BCUT2D eigenvalue weighted by atomic mass is 32.2. The van der Waals surface area contributed by atoms with Gasteiger partial charge in [-0.2, -0.15) is 0 Å². The molecule has 0 aromatic heterocycles. The van der Waals surface area contributed by atoms with Crippen molar-refractivity contribution in [2.45, 2.75) is 46.7 Å². The Bertz CT molecular complexity index is 1000. The van der Waals surface area contributed by atoms with Gasteiger partial charge in [0.05, 0.1) is 25.1 Å². The van der Waals surface area contributed by atoms with Gasteiger partial charge >= 0.3 is 0 Å². The molecule has 0 saturated carbocycles. The monoisotopic (exact) mass is 418 g/mol. The molecule has 0 heterocycles. The third-order valence-electron chi connectivity index (χ3n) is 5.10. The maximum Gasteiger partial charge on any atom is 0.244 e. The van der Waals surface area contributed by atoms with Gasteiger partial charge in [-0.3, -0.25) is 9.10 Å². The molecule has 2 aromatic carbocycles. The molecule has 158 valence electrons. The number of hydrogen-bond acceptors (Lipinski definition) is 4. The molecule has 2 atom stereocenters. The lowest BCUT2D eigenvalue weighted by Gasteiger charge is -2.29. The van der Waals surface area contributed by atoms with Gasteiger partial charge in [-0.25, -0.2) is 8.42 Å². The molecule has 6 nitrogen and oxygen atoms in total. The number of nitrogens with zero attached hydrogens (tertiary/aromatic N) is 1. The fourth-order valence-electron chi connectivity index (χ4n) is 3.42. The highest BCUT2D eigenvalue weighted by Gasteiger charge is 2.30. The van der Waals surface area contributed by atoms with Crippen molar-refractivity contribution in [3.63, 3.8) is 0 Å². The van der Waals surface area contributed by atoms with E-state index in [2.05, 4.69) is 24.4 Å². The second-order valence-electron chi connectivity index (χ2n) is 7.46. The number of benzene rings is 2. The van der Waals surface area contributed by atoms with E-state index in [0.29, 0.717) is 11.4 Å². The van der Waals surface area contributed by atoms with E-state index >= 15 is 0 Å². The average molecular weight is 419 g/mol. The molecule has 0 radical (unpaired) electrons. The largest absolute Gasteiger partial charge is 0.497 e. The Morgan fingerprint density at radius 3 is 2.24 bits per heavy atom. The predicted octanol–water partition coefficient (Wildman–Crippen LogP) is 3.65. The van der Waals surface area contributed by atoms with E-state index in [0.717, 1.165) is 27.3 Å². The van der Waals surface area contributed by atoms with Gasteiger partial charge in [-0.1, -0.05) is 18.2 Å².